The number of benzene rings is 1. The second kappa shape index (κ2) is 6.05. The fraction of sp³-hybridized carbons (Fsp3) is 0.182. The molecule has 12 heteroatoms. The van der Waals surface area contributed by atoms with Gasteiger partial charge < -0.3 is 14.9 Å². The minimum absolute atomic E-state index is 0.171. The second-order valence-corrected chi connectivity index (χ2v) is 4.30. The van der Waals surface area contributed by atoms with Crippen LogP contribution in [0.4, 0.5) is 17.2 Å². The molecule has 0 aliphatic rings. The fourth-order valence-corrected chi connectivity index (χ4v) is 1.77. The third kappa shape index (κ3) is 3.20. The third-order valence-electron chi connectivity index (χ3n) is 2.95. The Labute approximate surface area is 127 Å². The van der Waals surface area contributed by atoms with Crippen molar-refractivity contribution in [2.75, 3.05) is 0 Å². The van der Waals surface area contributed by atoms with Gasteiger partial charge in [0, 0.05) is 6.07 Å². The van der Waals surface area contributed by atoms with Crippen LogP contribution >= 0.6 is 0 Å². The Hall–Kier alpha value is -3.57. The molecule has 0 aliphatic heterocycles. The number of imidazole rings is 1. The van der Waals surface area contributed by atoms with Crippen LogP contribution in [-0.4, -0.2) is 24.3 Å². The molecule has 12 nitrogen and oxygen atoms in total. The number of rotatable bonds is 6. The van der Waals surface area contributed by atoms with Gasteiger partial charge in [-0.3, -0.25) is 20.2 Å². The average molecular weight is 323 g/mol. The van der Waals surface area contributed by atoms with Crippen molar-refractivity contribution in [3.05, 3.63) is 60.6 Å². The van der Waals surface area contributed by atoms with Crippen LogP contribution in [0.3, 0.4) is 0 Å². The molecule has 0 saturated carbocycles. The van der Waals surface area contributed by atoms with Gasteiger partial charge in [0.1, 0.15) is 6.20 Å². The number of nitrogens with zero attached hydrogens (tertiary/aromatic N) is 5. The van der Waals surface area contributed by atoms with E-state index in [0.29, 0.717) is 0 Å². The molecule has 1 aromatic carbocycles. The lowest BCUT2D eigenvalue weighted by molar-refractivity contribution is -0.394. The van der Waals surface area contributed by atoms with E-state index in [0.717, 1.165) is 29.0 Å². The quantitative estimate of drug-likeness (QED) is 0.574. The van der Waals surface area contributed by atoms with Crippen molar-refractivity contribution in [1.82, 2.24) is 9.55 Å². The van der Waals surface area contributed by atoms with Gasteiger partial charge in [0.15, 0.2) is 12.4 Å². The molecule has 23 heavy (non-hydrogen) atoms. The van der Waals surface area contributed by atoms with Crippen molar-refractivity contribution >= 4 is 17.2 Å². The molecule has 2 rings (SSSR count). The van der Waals surface area contributed by atoms with E-state index >= 15 is 0 Å². The van der Waals surface area contributed by atoms with Gasteiger partial charge in [-0.25, -0.2) is 9.55 Å². The molecular formula is C11H9N5O7. The van der Waals surface area contributed by atoms with E-state index in [4.69, 9.17) is 4.74 Å². The van der Waals surface area contributed by atoms with Crippen LogP contribution in [0.5, 0.6) is 5.75 Å². The second-order valence-electron chi connectivity index (χ2n) is 4.30. The van der Waals surface area contributed by atoms with Crippen molar-refractivity contribution in [1.29, 1.82) is 0 Å². The topological polar surface area (TPSA) is 156 Å². The summed E-state index contributed by atoms with van der Waals surface area (Å²) < 4.78 is 6.39. The SMILES string of the molecule is Cn1c([N+](=O)[O-])cnc1COc1ccc([N+](=O)[O-])cc1[N+](=O)[O-]. The van der Waals surface area contributed by atoms with Crippen LogP contribution in [0, 0.1) is 30.3 Å². The molecule has 0 spiro atoms. The maximum absolute atomic E-state index is 11.0. The maximum Gasteiger partial charge on any atom is 0.342 e. The summed E-state index contributed by atoms with van der Waals surface area (Å²) in [5, 5.41) is 32.3. The number of hydrogen-bond donors (Lipinski definition) is 0. The highest BCUT2D eigenvalue weighted by atomic mass is 16.6. The van der Waals surface area contributed by atoms with E-state index in [1.807, 2.05) is 0 Å². The van der Waals surface area contributed by atoms with Crippen molar-refractivity contribution in [2.45, 2.75) is 6.61 Å². The standard InChI is InChI=1S/C11H9N5O7/c1-13-10(12-5-11(13)16(21)22)6-23-9-3-2-7(14(17)18)4-8(9)15(19)20/h2-5H,6H2,1H3. The van der Waals surface area contributed by atoms with E-state index in [2.05, 4.69) is 4.98 Å². The predicted octanol–water partition coefficient (Wildman–Crippen LogP) is 1.72. The molecule has 0 bridgehead atoms. The molecule has 0 N–H and O–H groups in total. The molecule has 2 aromatic rings. The monoisotopic (exact) mass is 323 g/mol. The normalized spacial score (nSPS) is 10.3. The van der Waals surface area contributed by atoms with Gasteiger partial charge in [-0.05, 0) is 11.0 Å². The zero-order valence-corrected chi connectivity index (χ0v) is 11.6. The lowest BCUT2D eigenvalue weighted by Gasteiger charge is -2.05. The Kier molecular flexibility index (Phi) is 4.16. The van der Waals surface area contributed by atoms with Crippen LogP contribution in [-0.2, 0) is 13.7 Å². The number of ether oxygens (including phenoxy) is 1. The van der Waals surface area contributed by atoms with E-state index in [-0.39, 0.29) is 24.0 Å². The number of nitro groups is 3. The number of aromatic nitrogens is 2. The molecule has 1 heterocycles. The van der Waals surface area contributed by atoms with Crippen molar-refractivity contribution in [3.63, 3.8) is 0 Å². The summed E-state index contributed by atoms with van der Waals surface area (Å²) in [6, 6.07) is 2.92. The van der Waals surface area contributed by atoms with Gasteiger partial charge in [-0.2, -0.15) is 0 Å². The largest absolute Gasteiger partial charge is 0.476 e. The minimum Gasteiger partial charge on any atom is -0.476 e. The van der Waals surface area contributed by atoms with Gasteiger partial charge in [-0.1, -0.05) is 0 Å². The Bertz CT molecular complexity index is 800. The summed E-state index contributed by atoms with van der Waals surface area (Å²) in [6.45, 7) is -0.275. The molecule has 1 aromatic heterocycles. The first-order valence-corrected chi connectivity index (χ1v) is 6.02. The summed E-state index contributed by atoms with van der Waals surface area (Å²) in [7, 11) is 1.40. The Balaban J connectivity index is 2.25. The van der Waals surface area contributed by atoms with Crippen molar-refractivity contribution in [2.24, 2.45) is 7.05 Å². The van der Waals surface area contributed by atoms with Crippen molar-refractivity contribution < 1.29 is 19.5 Å². The molecule has 0 atom stereocenters. The minimum atomic E-state index is -0.816. The first-order chi connectivity index (χ1) is 10.8. The Morgan fingerprint density at radius 3 is 2.35 bits per heavy atom. The van der Waals surface area contributed by atoms with Crippen LogP contribution in [0.25, 0.3) is 0 Å². The van der Waals surface area contributed by atoms with Crippen LogP contribution < -0.4 is 4.74 Å². The van der Waals surface area contributed by atoms with Crippen LogP contribution in [0.15, 0.2) is 24.4 Å². The van der Waals surface area contributed by atoms with Gasteiger partial charge in [0.25, 0.3) is 5.69 Å². The highest BCUT2D eigenvalue weighted by molar-refractivity contribution is 5.53. The predicted molar refractivity (Wildman–Crippen MR) is 73.9 cm³/mol. The number of nitro benzene ring substituents is 2. The van der Waals surface area contributed by atoms with E-state index in [1.54, 1.807) is 0 Å². The molecule has 0 radical (unpaired) electrons. The lowest BCUT2D eigenvalue weighted by atomic mass is 10.2. The molecule has 0 unspecified atom stereocenters. The smallest absolute Gasteiger partial charge is 0.342 e. The highest BCUT2D eigenvalue weighted by Crippen LogP contribution is 2.31. The van der Waals surface area contributed by atoms with Gasteiger partial charge in [0.2, 0.25) is 5.82 Å². The van der Waals surface area contributed by atoms with E-state index in [9.17, 15) is 30.3 Å². The average Bonchev–Trinajstić information content (AvgIpc) is 2.85. The summed E-state index contributed by atoms with van der Waals surface area (Å²) in [5.41, 5.74) is -1.03. The van der Waals surface area contributed by atoms with Gasteiger partial charge in [-0.15, -0.1) is 0 Å². The summed E-state index contributed by atoms with van der Waals surface area (Å²) in [6.07, 6.45) is 1.03. The summed E-state index contributed by atoms with van der Waals surface area (Å²) >= 11 is 0. The first-order valence-electron chi connectivity index (χ1n) is 6.02. The maximum atomic E-state index is 11.0. The van der Waals surface area contributed by atoms with Crippen molar-refractivity contribution in [3.8, 4) is 5.75 Å². The molecule has 0 fully saturated rings. The van der Waals surface area contributed by atoms with E-state index < -0.39 is 26.1 Å². The van der Waals surface area contributed by atoms with Crippen LogP contribution in [0.1, 0.15) is 5.82 Å². The first kappa shape index (κ1) is 15.8. The highest BCUT2D eigenvalue weighted by Gasteiger charge is 2.22. The molecule has 0 saturated heterocycles. The third-order valence-corrected chi connectivity index (χ3v) is 2.95. The Morgan fingerprint density at radius 1 is 1.13 bits per heavy atom. The van der Waals surface area contributed by atoms with Gasteiger partial charge in [0.05, 0.1) is 23.0 Å². The molecule has 0 amide bonds. The lowest BCUT2D eigenvalue weighted by Crippen LogP contribution is -2.06. The molecule has 120 valence electrons. The summed E-state index contributed by atoms with van der Waals surface area (Å²) in [4.78, 5) is 33.9. The number of non-ortho nitro benzene ring substituents is 1. The molecular weight excluding hydrogens is 314 g/mol. The Morgan fingerprint density at radius 2 is 1.83 bits per heavy atom. The molecule has 0 aliphatic carbocycles. The zero-order chi connectivity index (χ0) is 17.1. The fourth-order valence-electron chi connectivity index (χ4n) is 1.77. The summed E-state index contributed by atoms with van der Waals surface area (Å²) in [5.74, 6) is -0.294. The van der Waals surface area contributed by atoms with Crippen LogP contribution in [0.2, 0.25) is 0 Å². The van der Waals surface area contributed by atoms with E-state index in [1.165, 1.54) is 7.05 Å². The van der Waals surface area contributed by atoms with Gasteiger partial charge >= 0.3 is 11.5 Å². The zero-order valence-electron chi connectivity index (χ0n) is 11.6. The number of hydrogen-bond acceptors (Lipinski definition) is 8.